The van der Waals surface area contributed by atoms with E-state index in [1.54, 1.807) is 12.3 Å². The summed E-state index contributed by atoms with van der Waals surface area (Å²) >= 11 is 1.50. The molecule has 6 heteroatoms. The predicted octanol–water partition coefficient (Wildman–Crippen LogP) is 3.68. The molecular weight excluding hydrogens is 312 g/mol. The monoisotopic (exact) mass is 330 g/mol. The van der Waals surface area contributed by atoms with E-state index < -0.39 is 6.04 Å². The molecule has 0 bridgehead atoms. The summed E-state index contributed by atoms with van der Waals surface area (Å²) in [5, 5.41) is 11.4. The van der Waals surface area contributed by atoms with Crippen molar-refractivity contribution in [2.75, 3.05) is 14.1 Å². The Bertz CT molecular complexity index is 698. The third-order valence-corrected chi connectivity index (χ3v) is 5.35. The lowest BCUT2D eigenvalue weighted by atomic mass is 10.00. The highest BCUT2D eigenvalue weighted by Gasteiger charge is 2.46. The number of hydrogen-bond acceptors (Lipinski definition) is 5. The van der Waals surface area contributed by atoms with Gasteiger partial charge in [-0.3, -0.25) is 15.0 Å². The lowest BCUT2D eigenvalue weighted by molar-refractivity contribution is -0.528. The first-order valence-electron chi connectivity index (χ1n) is 7.35. The molecule has 0 radical (unpaired) electrons. The molecule has 0 N–H and O–H groups in total. The summed E-state index contributed by atoms with van der Waals surface area (Å²) in [4.78, 5) is 14.5. The molecule has 1 aliphatic heterocycles. The lowest BCUT2D eigenvalue weighted by Gasteiger charge is -2.33. The maximum Gasteiger partial charge on any atom is 0.251 e. The van der Waals surface area contributed by atoms with Crippen LogP contribution in [-0.2, 0) is 0 Å². The van der Waals surface area contributed by atoms with Crippen LogP contribution in [0, 0.1) is 10.1 Å². The fourth-order valence-electron chi connectivity index (χ4n) is 2.81. The average molecular weight is 330 g/mol. The van der Waals surface area contributed by atoms with Gasteiger partial charge in [0.1, 0.15) is 11.0 Å². The number of benzene rings is 1. The molecule has 23 heavy (non-hydrogen) atoms. The van der Waals surface area contributed by atoms with Gasteiger partial charge in [-0.05, 0) is 37.9 Å². The molecule has 3 rings (SSSR count). The third-order valence-electron chi connectivity index (χ3n) is 3.96. The molecule has 0 unspecified atom stereocenters. The van der Waals surface area contributed by atoms with E-state index in [1.165, 1.54) is 11.8 Å². The zero-order valence-electron chi connectivity index (χ0n) is 13.0. The molecule has 0 spiro atoms. The van der Waals surface area contributed by atoms with Crippen molar-refractivity contribution in [3.05, 3.63) is 76.2 Å². The van der Waals surface area contributed by atoms with Crippen LogP contribution < -0.4 is 0 Å². The topological polar surface area (TPSA) is 59.5 Å². The molecular formula is C17H18N2O3S. The van der Waals surface area contributed by atoms with Crippen LogP contribution in [0.3, 0.4) is 0 Å². The van der Waals surface area contributed by atoms with E-state index in [0.717, 1.165) is 10.5 Å². The summed E-state index contributed by atoms with van der Waals surface area (Å²) in [7, 11) is 3.74. The molecule has 0 amide bonds. The van der Waals surface area contributed by atoms with Crippen molar-refractivity contribution >= 4 is 16.7 Å². The highest BCUT2D eigenvalue weighted by atomic mass is 32.2. The van der Waals surface area contributed by atoms with Gasteiger partial charge >= 0.3 is 0 Å². The number of likely N-dealkylation sites (N-methyl/N-ethyl adjacent to an activating group) is 1. The first-order valence-corrected chi connectivity index (χ1v) is 8.23. The molecule has 1 aliphatic rings. The summed E-state index contributed by atoms with van der Waals surface area (Å²) in [6.45, 7) is 0. The van der Waals surface area contributed by atoms with Gasteiger partial charge in [-0.15, -0.1) is 11.8 Å². The Morgan fingerprint density at radius 1 is 1.17 bits per heavy atom. The normalized spacial score (nSPS) is 24.5. The molecule has 0 aliphatic carbocycles. The van der Waals surface area contributed by atoms with E-state index in [9.17, 15) is 10.1 Å². The van der Waals surface area contributed by atoms with Gasteiger partial charge in [0.15, 0.2) is 0 Å². The highest BCUT2D eigenvalue weighted by molar-refractivity contribution is 8.08. The molecule has 2 aromatic rings. The number of furan rings is 1. The molecule has 3 atom stereocenters. The van der Waals surface area contributed by atoms with Crippen molar-refractivity contribution in [2.24, 2.45) is 0 Å². The molecule has 0 saturated heterocycles. The van der Waals surface area contributed by atoms with E-state index in [1.807, 2.05) is 61.5 Å². The van der Waals surface area contributed by atoms with Crippen LogP contribution in [0.5, 0.6) is 0 Å². The Morgan fingerprint density at radius 2 is 1.91 bits per heavy atom. The Morgan fingerprint density at radius 3 is 2.48 bits per heavy atom. The second-order valence-corrected chi connectivity index (χ2v) is 6.86. The maximum atomic E-state index is 11.7. The third kappa shape index (κ3) is 3.18. The van der Waals surface area contributed by atoms with Gasteiger partial charge < -0.3 is 4.42 Å². The first kappa shape index (κ1) is 15.8. The minimum absolute atomic E-state index is 0.191. The van der Waals surface area contributed by atoms with E-state index in [4.69, 9.17) is 4.42 Å². The molecule has 0 fully saturated rings. The van der Waals surface area contributed by atoms with Gasteiger partial charge in [0.2, 0.25) is 0 Å². The zero-order chi connectivity index (χ0) is 16.4. The molecule has 1 aromatic carbocycles. The fraction of sp³-hybridized carbons (Fsp3) is 0.294. The van der Waals surface area contributed by atoms with Gasteiger partial charge in [0, 0.05) is 9.83 Å². The predicted molar refractivity (Wildman–Crippen MR) is 91.7 cm³/mol. The summed E-state index contributed by atoms with van der Waals surface area (Å²) in [6.07, 6.45) is 3.56. The Kier molecular flexibility index (Phi) is 4.54. The fourth-order valence-corrected chi connectivity index (χ4v) is 4.23. The maximum absolute atomic E-state index is 11.7. The van der Waals surface area contributed by atoms with Gasteiger partial charge in [-0.1, -0.05) is 30.3 Å². The van der Waals surface area contributed by atoms with Crippen molar-refractivity contribution in [3.8, 4) is 0 Å². The average Bonchev–Trinajstić information content (AvgIpc) is 3.08. The van der Waals surface area contributed by atoms with E-state index in [2.05, 4.69) is 0 Å². The van der Waals surface area contributed by atoms with Crippen molar-refractivity contribution in [1.82, 2.24) is 4.90 Å². The minimum atomic E-state index is -0.756. The van der Waals surface area contributed by atoms with Gasteiger partial charge in [-0.2, -0.15) is 0 Å². The minimum Gasteiger partial charge on any atom is -0.468 e. The molecule has 1 aromatic heterocycles. The summed E-state index contributed by atoms with van der Waals surface area (Å²) in [5.74, 6) is 0.644. The second kappa shape index (κ2) is 6.60. The standard InChI is InChI=1S/C17H18N2O3S/c1-18(2)13-11-15(12-7-4-3-5-8-12)23-17(16(13)19(20)21)14-9-6-10-22-14/h3-11,13,16-17H,1-2H3/t13-,16+,17-/m1/s1. The number of thioether (sulfide) groups is 1. The van der Waals surface area contributed by atoms with Crippen LogP contribution in [0.2, 0.25) is 0 Å². The zero-order valence-corrected chi connectivity index (χ0v) is 13.8. The van der Waals surface area contributed by atoms with Crippen LogP contribution in [0.1, 0.15) is 16.6 Å². The van der Waals surface area contributed by atoms with Crippen molar-refractivity contribution in [2.45, 2.75) is 17.3 Å². The van der Waals surface area contributed by atoms with Gasteiger partial charge in [0.25, 0.3) is 6.04 Å². The van der Waals surface area contributed by atoms with Crippen LogP contribution in [-0.4, -0.2) is 36.0 Å². The molecule has 2 heterocycles. The molecule has 120 valence electrons. The van der Waals surface area contributed by atoms with Crippen molar-refractivity contribution in [3.63, 3.8) is 0 Å². The van der Waals surface area contributed by atoms with Crippen molar-refractivity contribution in [1.29, 1.82) is 0 Å². The van der Waals surface area contributed by atoms with Crippen LogP contribution >= 0.6 is 11.8 Å². The Hall–Kier alpha value is -2.05. The highest BCUT2D eigenvalue weighted by Crippen LogP contribution is 2.48. The Labute approximate surface area is 139 Å². The summed E-state index contributed by atoms with van der Waals surface area (Å²) in [6, 6.07) is 12.5. The SMILES string of the molecule is CN(C)[C@@H]1C=C(c2ccccc2)S[C@H](c2ccco2)[C@H]1[N+](=O)[O-]. The van der Waals surface area contributed by atoms with E-state index >= 15 is 0 Å². The van der Waals surface area contributed by atoms with Gasteiger partial charge in [0.05, 0.1) is 12.3 Å². The van der Waals surface area contributed by atoms with E-state index in [0.29, 0.717) is 5.76 Å². The summed E-state index contributed by atoms with van der Waals surface area (Å²) in [5.41, 5.74) is 1.07. The second-order valence-electron chi connectivity index (χ2n) is 5.68. The van der Waals surface area contributed by atoms with Crippen LogP contribution in [0.4, 0.5) is 0 Å². The quantitative estimate of drug-likeness (QED) is 0.632. The lowest BCUT2D eigenvalue weighted by Crippen LogP contribution is -2.46. The number of rotatable bonds is 4. The number of nitro groups is 1. The largest absolute Gasteiger partial charge is 0.468 e. The first-order chi connectivity index (χ1) is 11.1. The molecule has 5 nitrogen and oxygen atoms in total. The summed E-state index contributed by atoms with van der Waals surface area (Å²) < 4.78 is 5.49. The Balaban J connectivity index is 2.06. The number of hydrogen-bond donors (Lipinski definition) is 0. The van der Waals surface area contributed by atoms with Crippen molar-refractivity contribution < 1.29 is 9.34 Å². The van der Waals surface area contributed by atoms with Gasteiger partial charge in [-0.25, -0.2) is 0 Å². The van der Waals surface area contributed by atoms with Crippen LogP contribution in [0.15, 0.2) is 59.2 Å². The molecule has 0 saturated carbocycles. The van der Waals surface area contributed by atoms with E-state index in [-0.39, 0.29) is 16.2 Å². The smallest absolute Gasteiger partial charge is 0.251 e. The number of nitrogens with zero attached hydrogens (tertiary/aromatic N) is 2. The van der Waals surface area contributed by atoms with Crippen LogP contribution in [0.25, 0.3) is 4.91 Å².